The largest absolute Gasteiger partial charge is 0.347 e. The fourth-order valence-corrected chi connectivity index (χ4v) is 4.62. The Kier molecular flexibility index (Phi) is 6.22. The van der Waals surface area contributed by atoms with Crippen molar-refractivity contribution in [1.82, 2.24) is 14.8 Å². The van der Waals surface area contributed by atoms with Crippen LogP contribution in [0.2, 0.25) is 4.34 Å². The zero-order valence-corrected chi connectivity index (χ0v) is 18.3. The molecule has 2 amide bonds. The molecule has 2 atom stereocenters. The minimum absolute atomic E-state index is 0.121. The van der Waals surface area contributed by atoms with E-state index in [9.17, 15) is 14.4 Å². The van der Waals surface area contributed by atoms with Crippen molar-refractivity contribution < 1.29 is 9.59 Å². The fraction of sp³-hybridized carbons (Fsp3) is 0.227. The smallest absolute Gasteiger partial charge is 0.261 e. The number of aromatic nitrogens is 1. The van der Waals surface area contributed by atoms with E-state index in [0.29, 0.717) is 27.9 Å². The molecule has 0 aliphatic carbocycles. The fourth-order valence-electron chi connectivity index (χ4n) is 3.68. The number of nitrogens with zero attached hydrogens (tertiary/aromatic N) is 2. The van der Waals surface area contributed by atoms with Gasteiger partial charge < -0.3 is 10.6 Å². The molecule has 9 heteroatoms. The molecule has 31 heavy (non-hydrogen) atoms. The average Bonchev–Trinajstić information content (AvgIpc) is 3.34. The standard InChI is InChI=1S/C22H21ClN4O3S/c1-26-13-15(25-22(30)18-9-10-19(23)31-18)12-17(26)21(29)24-14-5-7-16(8-6-14)27-11-3-2-4-20(27)28/h2-11,15,17H,12-13H2,1H3,(H,24,29)(H,25,30). The summed E-state index contributed by atoms with van der Waals surface area (Å²) in [5.74, 6) is -0.314. The number of amides is 2. The van der Waals surface area contributed by atoms with E-state index in [0.717, 1.165) is 5.69 Å². The van der Waals surface area contributed by atoms with Crippen molar-refractivity contribution in [2.24, 2.45) is 0 Å². The molecular weight excluding hydrogens is 436 g/mol. The molecule has 0 radical (unpaired) electrons. The lowest BCUT2D eigenvalue weighted by Crippen LogP contribution is -2.37. The van der Waals surface area contributed by atoms with Gasteiger partial charge in [-0.2, -0.15) is 0 Å². The number of carbonyl (C=O) groups is 2. The number of halogens is 1. The van der Waals surface area contributed by atoms with Crippen molar-refractivity contribution in [1.29, 1.82) is 0 Å². The summed E-state index contributed by atoms with van der Waals surface area (Å²) in [6.45, 7) is 0.582. The molecule has 4 rings (SSSR count). The molecule has 0 spiro atoms. The molecule has 7 nitrogen and oxygen atoms in total. The molecule has 3 aromatic rings. The maximum Gasteiger partial charge on any atom is 0.261 e. The summed E-state index contributed by atoms with van der Waals surface area (Å²) in [6, 6.07) is 15.0. The van der Waals surface area contributed by atoms with Crippen LogP contribution in [0.25, 0.3) is 5.69 Å². The molecule has 0 saturated carbocycles. The van der Waals surface area contributed by atoms with Crippen molar-refractivity contribution in [2.75, 3.05) is 18.9 Å². The van der Waals surface area contributed by atoms with Crippen LogP contribution in [-0.4, -0.2) is 47.0 Å². The van der Waals surface area contributed by atoms with Crippen LogP contribution in [0.15, 0.2) is 65.6 Å². The first-order valence-electron chi connectivity index (χ1n) is 9.76. The van der Waals surface area contributed by atoms with Crippen LogP contribution in [0.3, 0.4) is 0 Å². The summed E-state index contributed by atoms with van der Waals surface area (Å²) in [5, 5.41) is 5.90. The van der Waals surface area contributed by atoms with E-state index in [1.54, 1.807) is 54.7 Å². The summed E-state index contributed by atoms with van der Waals surface area (Å²) in [7, 11) is 1.86. The van der Waals surface area contributed by atoms with Crippen molar-refractivity contribution in [3.05, 3.63) is 80.4 Å². The molecule has 1 saturated heterocycles. The second-order valence-electron chi connectivity index (χ2n) is 7.41. The van der Waals surface area contributed by atoms with E-state index >= 15 is 0 Å². The summed E-state index contributed by atoms with van der Waals surface area (Å²) in [6.07, 6.45) is 2.21. The highest BCUT2D eigenvalue weighted by Crippen LogP contribution is 2.23. The minimum atomic E-state index is -0.353. The van der Waals surface area contributed by atoms with Crippen molar-refractivity contribution in [3.8, 4) is 5.69 Å². The van der Waals surface area contributed by atoms with Gasteiger partial charge in [-0.05, 0) is 55.9 Å². The number of likely N-dealkylation sites (N-methyl/N-ethyl adjacent to an activating group) is 1. The van der Waals surface area contributed by atoms with Gasteiger partial charge in [0.15, 0.2) is 0 Å². The molecule has 0 bridgehead atoms. The predicted octanol–water partition coefficient (Wildman–Crippen LogP) is 2.99. The molecule has 2 N–H and O–H groups in total. The second kappa shape index (κ2) is 9.05. The highest BCUT2D eigenvalue weighted by molar-refractivity contribution is 7.18. The predicted molar refractivity (Wildman–Crippen MR) is 122 cm³/mol. The van der Waals surface area contributed by atoms with E-state index in [4.69, 9.17) is 11.6 Å². The number of thiophene rings is 1. The number of likely N-dealkylation sites (tertiary alicyclic amines) is 1. The Hall–Kier alpha value is -2.94. The normalized spacial score (nSPS) is 18.6. The van der Waals surface area contributed by atoms with Crippen molar-refractivity contribution in [2.45, 2.75) is 18.5 Å². The Morgan fingerprint density at radius 1 is 1.10 bits per heavy atom. The average molecular weight is 457 g/mol. The molecule has 1 fully saturated rings. The number of nitrogens with one attached hydrogen (secondary N) is 2. The van der Waals surface area contributed by atoms with Gasteiger partial charge in [-0.15, -0.1) is 11.3 Å². The van der Waals surface area contributed by atoms with Crippen LogP contribution in [-0.2, 0) is 4.79 Å². The molecular formula is C22H21ClN4O3S. The monoisotopic (exact) mass is 456 g/mol. The third-order valence-corrected chi connectivity index (χ3v) is 6.45. The van der Waals surface area contributed by atoms with Gasteiger partial charge in [-0.3, -0.25) is 23.9 Å². The van der Waals surface area contributed by atoms with Crippen molar-refractivity contribution >= 4 is 40.4 Å². The minimum Gasteiger partial charge on any atom is -0.347 e. The molecule has 1 aliphatic heterocycles. The Labute approximate surface area is 188 Å². The zero-order valence-electron chi connectivity index (χ0n) is 16.7. The number of benzene rings is 1. The van der Waals surface area contributed by atoms with Gasteiger partial charge in [0.25, 0.3) is 11.5 Å². The van der Waals surface area contributed by atoms with Crippen LogP contribution < -0.4 is 16.2 Å². The highest BCUT2D eigenvalue weighted by Gasteiger charge is 2.35. The summed E-state index contributed by atoms with van der Waals surface area (Å²) >= 11 is 7.13. The topological polar surface area (TPSA) is 83.4 Å². The lowest BCUT2D eigenvalue weighted by atomic mass is 10.1. The van der Waals surface area contributed by atoms with Crippen LogP contribution in [0.4, 0.5) is 5.69 Å². The van der Waals surface area contributed by atoms with Gasteiger partial charge in [0.1, 0.15) is 0 Å². The highest BCUT2D eigenvalue weighted by atomic mass is 35.5. The third kappa shape index (κ3) is 4.87. The zero-order chi connectivity index (χ0) is 22.0. The van der Waals surface area contributed by atoms with E-state index in [2.05, 4.69) is 10.6 Å². The Morgan fingerprint density at radius 3 is 2.55 bits per heavy atom. The molecule has 2 aromatic heterocycles. The number of carbonyl (C=O) groups excluding carboxylic acids is 2. The third-order valence-electron chi connectivity index (χ3n) is 5.22. The Balaban J connectivity index is 1.36. The molecule has 3 heterocycles. The SMILES string of the molecule is CN1CC(NC(=O)c2ccc(Cl)s2)CC1C(=O)Nc1ccc(-n2ccccc2=O)cc1. The Morgan fingerprint density at radius 2 is 1.87 bits per heavy atom. The quantitative estimate of drug-likeness (QED) is 0.618. The maximum absolute atomic E-state index is 12.8. The van der Waals surface area contributed by atoms with Crippen molar-refractivity contribution in [3.63, 3.8) is 0 Å². The van der Waals surface area contributed by atoms with Gasteiger partial charge in [-0.1, -0.05) is 17.7 Å². The summed E-state index contributed by atoms with van der Waals surface area (Å²) < 4.78 is 2.10. The van der Waals surface area contributed by atoms with Gasteiger partial charge in [0.05, 0.1) is 15.3 Å². The molecule has 160 valence electrons. The van der Waals surface area contributed by atoms with Crippen LogP contribution in [0.1, 0.15) is 16.1 Å². The molecule has 2 unspecified atom stereocenters. The lowest BCUT2D eigenvalue weighted by Gasteiger charge is -2.18. The molecule has 1 aromatic carbocycles. The van der Waals surface area contributed by atoms with E-state index < -0.39 is 0 Å². The molecule has 1 aliphatic rings. The summed E-state index contributed by atoms with van der Waals surface area (Å²) in [5.41, 5.74) is 1.25. The van der Waals surface area contributed by atoms with E-state index in [1.807, 2.05) is 11.9 Å². The van der Waals surface area contributed by atoms with E-state index in [1.165, 1.54) is 22.0 Å². The number of anilines is 1. The van der Waals surface area contributed by atoms with Gasteiger partial charge >= 0.3 is 0 Å². The van der Waals surface area contributed by atoms with Crippen LogP contribution in [0.5, 0.6) is 0 Å². The number of hydrogen-bond donors (Lipinski definition) is 2. The van der Waals surface area contributed by atoms with Crippen LogP contribution >= 0.6 is 22.9 Å². The van der Waals surface area contributed by atoms with Gasteiger partial charge in [-0.25, -0.2) is 0 Å². The number of hydrogen-bond acceptors (Lipinski definition) is 5. The van der Waals surface area contributed by atoms with E-state index in [-0.39, 0.29) is 29.5 Å². The van der Waals surface area contributed by atoms with Gasteiger partial charge in [0, 0.05) is 36.2 Å². The number of rotatable bonds is 5. The lowest BCUT2D eigenvalue weighted by molar-refractivity contribution is -0.119. The first-order chi connectivity index (χ1) is 14.9. The van der Waals surface area contributed by atoms with Crippen LogP contribution in [0, 0.1) is 0 Å². The second-order valence-corrected chi connectivity index (χ2v) is 9.13. The first-order valence-corrected chi connectivity index (χ1v) is 11.0. The Bertz CT molecular complexity index is 1160. The maximum atomic E-state index is 12.8. The van der Waals surface area contributed by atoms with Gasteiger partial charge in [0.2, 0.25) is 5.91 Å². The number of pyridine rings is 1. The first kappa shape index (κ1) is 21.3. The summed E-state index contributed by atoms with van der Waals surface area (Å²) in [4.78, 5) is 39.6.